The SMILES string of the molecule is COCc1cccc(C(=O)Nc2cn(CC(F)(F)F)cn2)c1. The van der Waals surface area contributed by atoms with Crippen LogP contribution in [0.2, 0.25) is 0 Å². The van der Waals surface area contributed by atoms with Crippen molar-refractivity contribution in [3.05, 3.63) is 47.9 Å². The average molecular weight is 313 g/mol. The van der Waals surface area contributed by atoms with Gasteiger partial charge in [0.05, 0.1) is 12.9 Å². The third-order valence-electron chi connectivity index (χ3n) is 2.74. The van der Waals surface area contributed by atoms with Gasteiger partial charge in [0.1, 0.15) is 6.54 Å². The van der Waals surface area contributed by atoms with Gasteiger partial charge in [0.25, 0.3) is 5.91 Å². The first-order valence-corrected chi connectivity index (χ1v) is 6.35. The van der Waals surface area contributed by atoms with Gasteiger partial charge in [-0.1, -0.05) is 12.1 Å². The fourth-order valence-electron chi connectivity index (χ4n) is 1.88. The van der Waals surface area contributed by atoms with Gasteiger partial charge in [0.2, 0.25) is 0 Å². The van der Waals surface area contributed by atoms with Gasteiger partial charge in [-0.15, -0.1) is 0 Å². The maximum absolute atomic E-state index is 12.2. The fraction of sp³-hybridized carbons (Fsp3) is 0.286. The maximum atomic E-state index is 12.2. The third kappa shape index (κ3) is 4.59. The molecule has 22 heavy (non-hydrogen) atoms. The second-order valence-corrected chi connectivity index (χ2v) is 4.63. The van der Waals surface area contributed by atoms with Crippen LogP contribution in [0.25, 0.3) is 0 Å². The predicted octanol–water partition coefficient (Wildman–Crippen LogP) is 2.84. The number of carbonyl (C=O) groups excluding carboxylic acids is 1. The Balaban J connectivity index is 2.04. The first-order valence-electron chi connectivity index (χ1n) is 6.35. The van der Waals surface area contributed by atoms with Gasteiger partial charge in [-0.05, 0) is 17.7 Å². The van der Waals surface area contributed by atoms with Crippen molar-refractivity contribution in [1.82, 2.24) is 9.55 Å². The van der Waals surface area contributed by atoms with Crippen molar-refractivity contribution in [2.24, 2.45) is 0 Å². The number of nitrogens with one attached hydrogen (secondary N) is 1. The molecule has 1 aromatic heterocycles. The molecule has 2 rings (SSSR count). The van der Waals surface area contributed by atoms with Crippen LogP contribution < -0.4 is 5.32 Å². The number of carbonyl (C=O) groups is 1. The number of hydrogen-bond donors (Lipinski definition) is 1. The predicted molar refractivity (Wildman–Crippen MR) is 73.4 cm³/mol. The summed E-state index contributed by atoms with van der Waals surface area (Å²) in [5.74, 6) is -0.387. The summed E-state index contributed by atoms with van der Waals surface area (Å²) in [5, 5.41) is 2.45. The highest BCUT2D eigenvalue weighted by Gasteiger charge is 2.27. The van der Waals surface area contributed by atoms with E-state index in [-0.39, 0.29) is 5.82 Å². The topological polar surface area (TPSA) is 56.1 Å². The third-order valence-corrected chi connectivity index (χ3v) is 2.74. The quantitative estimate of drug-likeness (QED) is 0.923. The van der Waals surface area contributed by atoms with Crippen LogP contribution in [0.1, 0.15) is 15.9 Å². The minimum atomic E-state index is -4.34. The zero-order valence-corrected chi connectivity index (χ0v) is 11.7. The lowest BCUT2D eigenvalue weighted by atomic mass is 10.1. The van der Waals surface area contributed by atoms with Crippen LogP contribution in [0.15, 0.2) is 36.8 Å². The van der Waals surface area contributed by atoms with E-state index in [1.165, 1.54) is 0 Å². The van der Waals surface area contributed by atoms with E-state index in [0.717, 1.165) is 22.7 Å². The smallest absolute Gasteiger partial charge is 0.380 e. The Morgan fingerprint density at radius 3 is 2.86 bits per heavy atom. The Kier molecular flexibility index (Phi) is 4.81. The van der Waals surface area contributed by atoms with Crippen molar-refractivity contribution in [2.75, 3.05) is 12.4 Å². The van der Waals surface area contributed by atoms with Crippen LogP contribution in [0.3, 0.4) is 0 Å². The summed E-state index contributed by atoms with van der Waals surface area (Å²) in [6, 6.07) is 6.75. The molecule has 0 aliphatic carbocycles. The van der Waals surface area contributed by atoms with Gasteiger partial charge in [-0.3, -0.25) is 4.79 Å². The summed E-state index contributed by atoms with van der Waals surface area (Å²) in [6.07, 6.45) is -2.19. The van der Waals surface area contributed by atoms with Crippen LogP contribution in [0.5, 0.6) is 0 Å². The van der Waals surface area contributed by atoms with Crippen LogP contribution in [-0.2, 0) is 17.9 Å². The molecule has 2 aromatic rings. The van der Waals surface area contributed by atoms with E-state index in [2.05, 4.69) is 10.3 Å². The molecule has 0 spiro atoms. The lowest BCUT2D eigenvalue weighted by Crippen LogP contribution is -2.16. The van der Waals surface area contributed by atoms with Gasteiger partial charge >= 0.3 is 6.18 Å². The Bertz CT molecular complexity index is 653. The highest BCUT2D eigenvalue weighted by Crippen LogP contribution is 2.18. The molecule has 0 saturated heterocycles. The molecular weight excluding hydrogens is 299 g/mol. The number of aromatic nitrogens is 2. The summed E-state index contributed by atoms with van der Waals surface area (Å²) in [7, 11) is 1.54. The monoisotopic (exact) mass is 313 g/mol. The maximum Gasteiger partial charge on any atom is 0.406 e. The Morgan fingerprint density at radius 2 is 2.18 bits per heavy atom. The fourth-order valence-corrected chi connectivity index (χ4v) is 1.88. The lowest BCUT2D eigenvalue weighted by molar-refractivity contribution is -0.140. The summed E-state index contributed by atoms with van der Waals surface area (Å²) in [5.41, 5.74) is 1.19. The Labute approximate surface area is 124 Å². The van der Waals surface area contributed by atoms with Crippen molar-refractivity contribution in [2.45, 2.75) is 19.3 Å². The molecule has 0 fully saturated rings. The number of methoxy groups -OCH3 is 1. The van der Waals surface area contributed by atoms with Gasteiger partial charge in [-0.25, -0.2) is 4.98 Å². The van der Waals surface area contributed by atoms with E-state index >= 15 is 0 Å². The van der Waals surface area contributed by atoms with E-state index in [1.54, 1.807) is 31.4 Å². The standard InChI is InChI=1S/C14H14F3N3O2/c1-22-7-10-3-2-4-11(5-10)13(21)19-12-6-20(9-18-12)8-14(15,16)17/h2-6,9H,7-8H2,1H3,(H,19,21). The van der Waals surface area contributed by atoms with Crippen LogP contribution >= 0.6 is 0 Å². The number of halogens is 3. The molecule has 1 N–H and O–H groups in total. The second-order valence-electron chi connectivity index (χ2n) is 4.63. The minimum Gasteiger partial charge on any atom is -0.380 e. The summed E-state index contributed by atoms with van der Waals surface area (Å²) >= 11 is 0. The highest BCUT2D eigenvalue weighted by molar-refractivity contribution is 6.03. The molecule has 5 nitrogen and oxygen atoms in total. The number of alkyl halides is 3. The molecule has 8 heteroatoms. The van der Waals surface area contributed by atoms with Gasteiger partial charge in [-0.2, -0.15) is 13.2 Å². The van der Waals surface area contributed by atoms with Crippen molar-refractivity contribution in [1.29, 1.82) is 0 Å². The first kappa shape index (κ1) is 16.0. The molecule has 0 saturated carbocycles. The Morgan fingerprint density at radius 1 is 1.41 bits per heavy atom. The Hall–Kier alpha value is -2.35. The highest BCUT2D eigenvalue weighted by atomic mass is 19.4. The largest absolute Gasteiger partial charge is 0.406 e. The summed E-state index contributed by atoms with van der Waals surface area (Å²) in [6.45, 7) is -0.791. The number of hydrogen-bond acceptors (Lipinski definition) is 3. The van der Waals surface area contributed by atoms with Crippen LogP contribution in [-0.4, -0.2) is 28.7 Å². The lowest BCUT2D eigenvalue weighted by Gasteiger charge is -2.06. The summed E-state index contributed by atoms with van der Waals surface area (Å²) in [4.78, 5) is 15.8. The van der Waals surface area contributed by atoms with Gasteiger partial charge in [0, 0.05) is 18.9 Å². The van der Waals surface area contributed by atoms with E-state index in [4.69, 9.17) is 4.74 Å². The van der Waals surface area contributed by atoms with Crippen molar-refractivity contribution in [3.8, 4) is 0 Å². The minimum absolute atomic E-state index is 0.0615. The normalized spacial score (nSPS) is 11.5. The second kappa shape index (κ2) is 6.61. The first-order chi connectivity index (χ1) is 10.4. The van der Waals surface area contributed by atoms with Gasteiger partial charge in [0.15, 0.2) is 5.82 Å². The molecule has 1 aromatic carbocycles. The van der Waals surface area contributed by atoms with Crippen molar-refractivity contribution in [3.63, 3.8) is 0 Å². The molecule has 0 unspecified atom stereocenters. The number of rotatable bonds is 5. The van der Waals surface area contributed by atoms with E-state index in [0.29, 0.717) is 12.2 Å². The molecule has 1 amide bonds. The number of nitrogens with zero attached hydrogens (tertiary/aromatic N) is 2. The molecule has 0 aliphatic rings. The molecule has 118 valence electrons. The molecule has 0 aliphatic heterocycles. The number of imidazole rings is 1. The van der Waals surface area contributed by atoms with E-state index in [1.807, 2.05) is 0 Å². The molecule has 0 atom stereocenters. The molecule has 0 radical (unpaired) electrons. The van der Waals surface area contributed by atoms with E-state index < -0.39 is 18.6 Å². The van der Waals surface area contributed by atoms with Crippen LogP contribution in [0, 0.1) is 0 Å². The molecule has 1 heterocycles. The summed E-state index contributed by atoms with van der Waals surface area (Å²) < 4.78 is 42.6. The zero-order valence-electron chi connectivity index (χ0n) is 11.7. The zero-order chi connectivity index (χ0) is 16.2. The van der Waals surface area contributed by atoms with Crippen molar-refractivity contribution >= 4 is 11.7 Å². The molecular formula is C14H14F3N3O2. The number of benzene rings is 1. The van der Waals surface area contributed by atoms with Gasteiger partial charge < -0.3 is 14.6 Å². The van der Waals surface area contributed by atoms with Crippen LogP contribution in [0.4, 0.5) is 19.0 Å². The molecule has 0 bridgehead atoms. The average Bonchev–Trinajstić information content (AvgIpc) is 2.84. The van der Waals surface area contributed by atoms with Crippen molar-refractivity contribution < 1.29 is 22.7 Å². The van der Waals surface area contributed by atoms with E-state index in [9.17, 15) is 18.0 Å². The number of ether oxygens (including phenoxy) is 1. The number of amides is 1. The number of anilines is 1.